The third-order valence-corrected chi connectivity index (χ3v) is 6.13. The molecule has 1 fully saturated rings. The van der Waals surface area contributed by atoms with E-state index in [2.05, 4.69) is 27.4 Å². The minimum absolute atomic E-state index is 0.00910. The quantitative estimate of drug-likeness (QED) is 0.187. The fourth-order valence-electron chi connectivity index (χ4n) is 1.89. The van der Waals surface area contributed by atoms with Gasteiger partial charge in [0.15, 0.2) is 0 Å². The van der Waals surface area contributed by atoms with Gasteiger partial charge in [-0.15, -0.1) is 5.06 Å². The van der Waals surface area contributed by atoms with Gasteiger partial charge >= 0.3 is 11.9 Å². The number of hydrogen-bond donors (Lipinski definition) is 0. The first-order valence-corrected chi connectivity index (χ1v) is 8.87. The molecule has 2 rings (SSSR count). The normalized spacial score (nSPS) is 14.4. The molecule has 0 atom stereocenters. The van der Waals surface area contributed by atoms with Crippen LogP contribution in [0.15, 0.2) is 24.5 Å². The van der Waals surface area contributed by atoms with E-state index in [0.717, 1.165) is 25.0 Å². The predicted octanol–water partition coefficient (Wildman–Crippen LogP) is 2.48. The molecule has 1 aromatic rings. The van der Waals surface area contributed by atoms with Crippen LogP contribution >= 0.6 is 45.2 Å². The monoisotopic (exact) mass is 555 g/mol. The highest BCUT2D eigenvalue weighted by atomic mass is 127. The summed E-state index contributed by atoms with van der Waals surface area (Å²) in [6, 6.07) is 3.68. The zero-order chi connectivity index (χ0) is 17.9. The molecule has 0 spiro atoms. The molecule has 0 saturated carbocycles. The SMILES string of the molecule is Cc1ccc(I)c(I)c1C(=O)O/C=C/C(=O)ON1C(=O)CCC1=O. The van der Waals surface area contributed by atoms with E-state index in [1.165, 1.54) is 0 Å². The number of nitrogens with zero attached hydrogens (tertiary/aromatic N) is 1. The number of amides is 2. The second-order valence-corrected chi connectivity index (χ2v) is 6.99. The van der Waals surface area contributed by atoms with E-state index in [0.29, 0.717) is 10.6 Å². The van der Waals surface area contributed by atoms with Crippen molar-refractivity contribution >= 4 is 68.9 Å². The van der Waals surface area contributed by atoms with Gasteiger partial charge in [0.2, 0.25) is 0 Å². The van der Waals surface area contributed by atoms with Gasteiger partial charge in [0.1, 0.15) is 6.26 Å². The van der Waals surface area contributed by atoms with E-state index in [1.54, 1.807) is 13.0 Å². The zero-order valence-electron chi connectivity index (χ0n) is 12.4. The summed E-state index contributed by atoms with van der Waals surface area (Å²) >= 11 is 4.15. The van der Waals surface area contributed by atoms with Crippen molar-refractivity contribution < 1.29 is 28.8 Å². The van der Waals surface area contributed by atoms with Crippen LogP contribution in [-0.4, -0.2) is 28.8 Å². The minimum Gasteiger partial charge on any atom is -0.431 e. The molecule has 0 N–H and O–H groups in total. The van der Waals surface area contributed by atoms with Crippen LogP contribution in [0.1, 0.15) is 28.8 Å². The molecule has 9 heteroatoms. The topological polar surface area (TPSA) is 90.0 Å². The number of ether oxygens (including phenoxy) is 1. The molecule has 0 radical (unpaired) electrons. The first-order chi connectivity index (χ1) is 11.3. The minimum atomic E-state index is -0.986. The average molecular weight is 555 g/mol. The molecule has 0 aliphatic carbocycles. The summed E-state index contributed by atoms with van der Waals surface area (Å²) in [5.74, 6) is -2.76. The van der Waals surface area contributed by atoms with Gasteiger partial charge in [-0.3, -0.25) is 9.59 Å². The molecule has 0 unspecified atom stereocenters. The van der Waals surface area contributed by atoms with Gasteiger partial charge in [0.25, 0.3) is 11.8 Å². The van der Waals surface area contributed by atoms with Crippen LogP contribution in [0, 0.1) is 14.1 Å². The van der Waals surface area contributed by atoms with E-state index in [4.69, 9.17) is 4.74 Å². The van der Waals surface area contributed by atoms with Gasteiger partial charge in [-0.1, -0.05) is 6.07 Å². The van der Waals surface area contributed by atoms with Gasteiger partial charge in [-0.05, 0) is 63.7 Å². The Labute approximate surface area is 164 Å². The van der Waals surface area contributed by atoms with Gasteiger partial charge in [-0.25, -0.2) is 9.59 Å². The largest absolute Gasteiger partial charge is 0.431 e. The summed E-state index contributed by atoms with van der Waals surface area (Å²) in [4.78, 5) is 50.9. The molecule has 24 heavy (non-hydrogen) atoms. The Morgan fingerprint density at radius 3 is 2.42 bits per heavy atom. The van der Waals surface area contributed by atoms with Crippen molar-refractivity contribution in [2.24, 2.45) is 0 Å². The van der Waals surface area contributed by atoms with E-state index in [-0.39, 0.29) is 12.8 Å². The molecule has 1 heterocycles. The Morgan fingerprint density at radius 2 is 1.79 bits per heavy atom. The molecule has 126 valence electrons. The Kier molecular flexibility index (Phi) is 6.32. The van der Waals surface area contributed by atoms with Crippen LogP contribution in [0.3, 0.4) is 0 Å². The Bertz CT molecular complexity index is 743. The molecule has 0 aromatic heterocycles. The first-order valence-electron chi connectivity index (χ1n) is 6.71. The molecule has 1 aliphatic heterocycles. The molecule has 1 aromatic carbocycles. The smallest absolute Gasteiger partial charge is 0.359 e. The van der Waals surface area contributed by atoms with Crippen molar-refractivity contribution in [3.05, 3.63) is 42.7 Å². The maximum absolute atomic E-state index is 12.1. The number of rotatable bonds is 4. The van der Waals surface area contributed by atoms with Crippen LogP contribution in [0.5, 0.6) is 0 Å². The van der Waals surface area contributed by atoms with Crippen LogP contribution in [0.4, 0.5) is 0 Å². The average Bonchev–Trinajstić information content (AvgIpc) is 2.83. The lowest BCUT2D eigenvalue weighted by Crippen LogP contribution is -2.31. The number of halogens is 2. The fraction of sp³-hybridized carbons (Fsp3) is 0.200. The van der Waals surface area contributed by atoms with Crippen LogP contribution in [0.25, 0.3) is 0 Å². The zero-order valence-corrected chi connectivity index (χ0v) is 16.7. The Hall–Kier alpha value is -1.50. The van der Waals surface area contributed by atoms with Crippen molar-refractivity contribution in [3.8, 4) is 0 Å². The fourth-order valence-corrected chi connectivity index (χ4v) is 3.16. The van der Waals surface area contributed by atoms with Gasteiger partial charge in [0, 0.05) is 20.0 Å². The maximum atomic E-state index is 12.1. The number of carbonyl (C=O) groups excluding carboxylic acids is 4. The van der Waals surface area contributed by atoms with E-state index in [9.17, 15) is 19.2 Å². The third-order valence-electron chi connectivity index (χ3n) is 3.07. The summed E-state index contributed by atoms with van der Waals surface area (Å²) in [7, 11) is 0. The summed E-state index contributed by atoms with van der Waals surface area (Å²) < 4.78 is 6.57. The molecule has 2 amide bonds. The summed E-state index contributed by atoms with van der Waals surface area (Å²) in [6.07, 6.45) is 1.71. The Morgan fingerprint density at radius 1 is 1.17 bits per heavy atom. The van der Waals surface area contributed by atoms with Crippen molar-refractivity contribution in [1.82, 2.24) is 5.06 Å². The lowest BCUT2D eigenvalue weighted by molar-refractivity contribution is -0.193. The lowest BCUT2D eigenvalue weighted by atomic mass is 10.1. The van der Waals surface area contributed by atoms with Gasteiger partial charge < -0.3 is 9.57 Å². The number of esters is 1. The van der Waals surface area contributed by atoms with Crippen molar-refractivity contribution in [3.63, 3.8) is 0 Å². The van der Waals surface area contributed by atoms with E-state index < -0.39 is 23.8 Å². The summed E-state index contributed by atoms with van der Waals surface area (Å²) in [5, 5.41) is 0.418. The highest BCUT2D eigenvalue weighted by Gasteiger charge is 2.32. The molecule has 7 nitrogen and oxygen atoms in total. The number of aryl methyl sites for hydroxylation is 1. The molecule has 0 bridgehead atoms. The lowest BCUT2D eigenvalue weighted by Gasteiger charge is -2.10. The van der Waals surface area contributed by atoms with Crippen LogP contribution in [0.2, 0.25) is 0 Å². The van der Waals surface area contributed by atoms with Crippen LogP contribution in [-0.2, 0) is 24.0 Å². The van der Waals surface area contributed by atoms with Gasteiger partial charge in [-0.2, -0.15) is 0 Å². The first kappa shape index (κ1) is 18.8. The van der Waals surface area contributed by atoms with E-state index >= 15 is 0 Å². The summed E-state index contributed by atoms with van der Waals surface area (Å²) in [5.41, 5.74) is 1.15. The highest BCUT2D eigenvalue weighted by molar-refractivity contribution is 14.1. The molecule has 1 saturated heterocycles. The highest BCUT2D eigenvalue weighted by Crippen LogP contribution is 2.23. The Balaban J connectivity index is 1.98. The number of hydroxylamine groups is 2. The van der Waals surface area contributed by atoms with Crippen molar-refractivity contribution in [2.45, 2.75) is 19.8 Å². The number of imide groups is 1. The standard InChI is InChI=1S/C15H11I2NO6/c1-8-2-3-9(16)14(17)13(8)15(22)23-7-6-12(21)24-18-10(19)4-5-11(18)20/h2-3,6-7H,4-5H2,1H3/b7-6+. The maximum Gasteiger partial charge on any atom is 0.359 e. The number of benzene rings is 1. The van der Waals surface area contributed by atoms with Crippen LogP contribution < -0.4 is 0 Å². The second kappa shape index (κ2) is 8.05. The molecular formula is C15H11I2NO6. The van der Waals surface area contributed by atoms with Crippen molar-refractivity contribution in [2.75, 3.05) is 0 Å². The predicted molar refractivity (Wildman–Crippen MR) is 98.3 cm³/mol. The number of carbonyl (C=O) groups is 4. The van der Waals surface area contributed by atoms with Crippen molar-refractivity contribution in [1.29, 1.82) is 0 Å². The summed E-state index contributed by atoms with van der Waals surface area (Å²) in [6.45, 7) is 1.78. The second-order valence-electron chi connectivity index (χ2n) is 4.75. The van der Waals surface area contributed by atoms with Gasteiger partial charge in [0.05, 0.1) is 11.6 Å². The molecular weight excluding hydrogens is 544 g/mol. The van der Waals surface area contributed by atoms with E-state index in [1.807, 2.05) is 28.7 Å². The molecule has 1 aliphatic rings. The number of hydrogen-bond acceptors (Lipinski definition) is 6. The third kappa shape index (κ3) is 4.32.